The smallest absolute Gasteiger partial charge is 0.129 e. The van der Waals surface area contributed by atoms with Gasteiger partial charge in [-0.3, -0.25) is 0 Å². The van der Waals surface area contributed by atoms with Gasteiger partial charge < -0.3 is 5.32 Å². The van der Waals surface area contributed by atoms with Crippen LogP contribution in [-0.4, -0.2) is 6.54 Å². The Bertz CT molecular complexity index is 593. The van der Waals surface area contributed by atoms with Crippen molar-refractivity contribution in [2.24, 2.45) is 0 Å². The minimum absolute atomic E-state index is 0.311. The van der Waals surface area contributed by atoms with Crippen LogP contribution in [0.2, 0.25) is 0 Å². The Balaban J connectivity index is 2.59. The van der Waals surface area contributed by atoms with Crippen LogP contribution in [0.15, 0.2) is 40.9 Å². The molecule has 0 spiro atoms. The number of hydrogen-bond donors (Lipinski definition) is 1. The molecule has 0 saturated heterocycles. The molecule has 4 heteroatoms. The summed E-state index contributed by atoms with van der Waals surface area (Å²) >= 11 is 3.38. The molecule has 0 fully saturated rings. The second-order valence-corrected chi connectivity index (χ2v) is 5.48. The molecule has 20 heavy (non-hydrogen) atoms. The van der Waals surface area contributed by atoms with Crippen molar-refractivity contribution >= 4 is 15.9 Å². The van der Waals surface area contributed by atoms with E-state index in [-0.39, 0.29) is 17.7 Å². The molecule has 0 aliphatic heterocycles. The fourth-order valence-electron chi connectivity index (χ4n) is 2.28. The lowest BCUT2D eigenvalue weighted by Gasteiger charge is -2.22. The molecule has 1 nitrogen and oxygen atoms in total. The van der Waals surface area contributed by atoms with E-state index in [0.717, 1.165) is 11.1 Å². The fraction of sp³-hybridized carbons (Fsp3) is 0.250. The summed E-state index contributed by atoms with van der Waals surface area (Å²) in [7, 11) is 0. The van der Waals surface area contributed by atoms with Crippen LogP contribution in [0, 0.1) is 18.6 Å². The zero-order chi connectivity index (χ0) is 14.7. The maximum absolute atomic E-state index is 14.2. The second-order valence-electron chi connectivity index (χ2n) is 4.63. The number of hydrogen-bond acceptors (Lipinski definition) is 1. The molecule has 0 amide bonds. The van der Waals surface area contributed by atoms with E-state index in [9.17, 15) is 8.78 Å². The molecule has 0 radical (unpaired) electrons. The maximum Gasteiger partial charge on any atom is 0.129 e. The predicted octanol–water partition coefficient (Wildman–Crippen LogP) is 4.73. The molecular formula is C16H16BrF2N. The summed E-state index contributed by atoms with van der Waals surface area (Å²) in [6.45, 7) is 4.49. The molecule has 1 atom stereocenters. The first-order chi connectivity index (χ1) is 9.54. The van der Waals surface area contributed by atoms with Gasteiger partial charge in [0.15, 0.2) is 0 Å². The van der Waals surface area contributed by atoms with Crippen LogP contribution in [0.25, 0.3) is 0 Å². The summed E-state index contributed by atoms with van der Waals surface area (Å²) in [6.07, 6.45) is 0. The molecule has 1 N–H and O–H groups in total. The van der Waals surface area contributed by atoms with Crippen LogP contribution in [-0.2, 0) is 0 Å². The molecule has 0 aliphatic carbocycles. The summed E-state index contributed by atoms with van der Waals surface area (Å²) in [6, 6.07) is 9.05. The molecule has 2 aromatic carbocycles. The van der Waals surface area contributed by atoms with E-state index < -0.39 is 0 Å². The first kappa shape index (κ1) is 15.1. The van der Waals surface area contributed by atoms with Gasteiger partial charge in [0, 0.05) is 10.0 Å². The van der Waals surface area contributed by atoms with Gasteiger partial charge in [0.25, 0.3) is 0 Å². The van der Waals surface area contributed by atoms with Gasteiger partial charge in [-0.05, 0) is 48.9 Å². The Kier molecular flexibility index (Phi) is 4.89. The predicted molar refractivity (Wildman–Crippen MR) is 80.8 cm³/mol. The highest BCUT2D eigenvalue weighted by atomic mass is 79.9. The summed E-state index contributed by atoms with van der Waals surface area (Å²) in [4.78, 5) is 0. The minimum atomic E-state index is -0.383. The zero-order valence-electron chi connectivity index (χ0n) is 11.4. The molecule has 106 valence electrons. The largest absolute Gasteiger partial charge is 0.306 e. The standard InChI is InChI=1S/C16H16BrF2N/c1-3-20-16(12-9-11(18)8-7-10(12)2)15-13(17)5-4-6-14(15)19/h4-9,16,20H,3H2,1-2H3. The van der Waals surface area contributed by atoms with Gasteiger partial charge in [0.05, 0.1) is 6.04 Å². The van der Waals surface area contributed by atoms with E-state index in [2.05, 4.69) is 21.2 Å². The molecule has 0 heterocycles. The van der Waals surface area contributed by atoms with Crippen LogP contribution in [0.5, 0.6) is 0 Å². The normalized spacial score (nSPS) is 12.4. The Morgan fingerprint density at radius 1 is 1.20 bits per heavy atom. The lowest BCUT2D eigenvalue weighted by molar-refractivity contribution is 0.551. The van der Waals surface area contributed by atoms with Crippen molar-refractivity contribution in [3.05, 3.63) is 69.2 Å². The Morgan fingerprint density at radius 3 is 2.60 bits per heavy atom. The Hall–Kier alpha value is -1.26. The summed E-state index contributed by atoms with van der Waals surface area (Å²) < 4.78 is 28.4. The van der Waals surface area contributed by atoms with Crippen LogP contribution < -0.4 is 5.32 Å². The van der Waals surface area contributed by atoms with Crippen LogP contribution in [0.1, 0.15) is 29.7 Å². The van der Waals surface area contributed by atoms with Gasteiger partial charge in [0.1, 0.15) is 11.6 Å². The van der Waals surface area contributed by atoms with Gasteiger partial charge in [-0.15, -0.1) is 0 Å². The van der Waals surface area contributed by atoms with Gasteiger partial charge in [0.2, 0.25) is 0 Å². The lowest BCUT2D eigenvalue weighted by Crippen LogP contribution is -2.24. The number of rotatable bonds is 4. The van der Waals surface area contributed by atoms with E-state index >= 15 is 0 Å². The van der Waals surface area contributed by atoms with Crippen molar-refractivity contribution in [1.82, 2.24) is 5.32 Å². The van der Waals surface area contributed by atoms with Crippen molar-refractivity contribution in [3.63, 3.8) is 0 Å². The molecular weight excluding hydrogens is 324 g/mol. The molecule has 1 unspecified atom stereocenters. The van der Waals surface area contributed by atoms with Crippen LogP contribution >= 0.6 is 15.9 Å². The first-order valence-corrected chi connectivity index (χ1v) is 7.27. The molecule has 0 aromatic heterocycles. The third kappa shape index (κ3) is 3.07. The van der Waals surface area contributed by atoms with Crippen LogP contribution in [0.3, 0.4) is 0 Å². The summed E-state index contributed by atoms with van der Waals surface area (Å²) in [5.74, 6) is -0.630. The highest BCUT2D eigenvalue weighted by Gasteiger charge is 2.21. The third-order valence-electron chi connectivity index (χ3n) is 3.25. The summed E-state index contributed by atoms with van der Waals surface area (Å²) in [5.41, 5.74) is 2.17. The number of halogens is 3. The Labute approximate surface area is 126 Å². The number of aryl methyl sites for hydroxylation is 1. The summed E-state index contributed by atoms with van der Waals surface area (Å²) in [5, 5.41) is 3.23. The number of nitrogens with one attached hydrogen (secondary N) is 1. The van der Waals surface area contributed by atoms with E-state index in [0.29, 0.717) is 16.6 Å². The van der Waals surface area contributed by atoms with E-state index in [1.54, 1.807) is 18.2 Å². The van der Waals surface area contributed by atoms with Crippen molar-refractivity contribution < 1.29 is 8.78 Å². The fourth-order valence-corrected chi connectivity index (χ4v) is 2.85. The monoisotopic (exact) mass is 339 g/mol. The van der Waals surface area contributed by atoms with E-state index in [1.807, 2.05) is 13.8 Å². The zero-order valence-corrected chi connectivity index (χ0v) is 13.0. The van der Waals surface area contributed by atoms with Gasteiger partial charge >= 0.3 is 0 Å². The quantitative estimate of drug-likeness (QED) is 0.848. The van der Waals surface area contributed by atoms with Crippen molar-refractivity contribution in [3.8, 4) is 0 Å². The lowest BCUT2D eigenvalue weighted by atomic mass is 9.94. The molecule has 0 aliphatic rings. The maximum atomic E-state index is 14.2. The van der Waals surface area contributed by atoms with Gasteiger partial charge in [-0.25, -0.2) is 8.78 Å². The van der Waals surface area contributed by atoms with Crippen molar-refractivity contribution in [2.75, 3.05) is 6.54 Å². The van der Waals surface area contributed by atoms with Crippen molar-refractivity contribution in [1.29, 1.82) is 0 Å². The third-order valence-corrected chi connectivity index (χ3v) is 3.94. The molecule has 2 rings (SSSR count). The first-order valence-electron chi connectivity index (χ1n) is 6.48. The second kappa shape index (κ2) is 6.46. The van der Waals surface area contributed by atoms with E-state index in [1.165, 1.54) is 18.2 Å². The molecule has 2 aromatic rings. The molecule has 0 saturated carbocycles. The highest BCUT2D eigenvalue weighted by Crippen LogP contribution is 2.32. The topological polar surface area (TPSA) is 12.0 Å². The average Bonchev–Trinajstić information content (AvgIpc) is 2.40. The van der Waals surface area contributed by atoms with Gasteiger partial charge in [-0.1, -0.05) is 35.0 Å². The highest BCUT2D eigenvalue weighted by molar-refractivity contribution is 9.10. The van der Waals surface area contributed by atoms with Gasteiger partial charge in [-0.2, -0.15) is 0 Å². The van der Waals surface area contributed by atoms with E-state index in [4.69, 9.17) is 0 Å². The molecule has 0 bridgehead atoms. The SMILES string of the molecule is CCNC(c1cc(F)ccc1C)c1c(F)cccc1Br. The Morgan fingerprint density at radius 2 is 1.95 bits per heavy atom. The number of benzene rings is 2. The van der Waals surface area contributed by atoms with Crippen molar-refractivity contribution in [2.45, 2.75) is 19.9 Å². The minimum Gasteiger partial charge on any atom is -0.306 e. The average molecular weight is 340 g/mol. The van der Waals surface area contributed by atoms with Crippen LogP contribution in [0.4, 0.5) is 8.78 Å².